The number of rotatable bonds is 10. The smallest absolute Gasteiger partial charge is 0.191 e. The monoisotopic (exact) mass is 356 g/mol. The van der Waals surface area contributed by atoms with Gasteiger partial charge < -0.3 is 24.8 Å². The predicted octanol–water partition coefficient (Wildman–Crippen LogP) is 0.848. The Morgan fingerprint density at radius 2 is 2.12 bits per heavy atom. The lowest BCUT2D eigenvalue weighted by molar-refractivity contribution is 0.0168. The van der Waals surface area contributed by atoms with Gasteiger partial charge in [-0.15, -0.1) is 0 Å². The first-order valence-corrected chi connectivity index (χ1v) is 9.83. The summed E-state index contributed by atoms with van der Waals surface area (Å²) in [5.41, 5.74) is 0. The summed E-state index contributed by atoms with van der Waals surface area (Å²) in [4.78, 5) is 7.16. The summed E-state index contributed by atoms with van der Waals surface area (Å²) >= 11 is 0. The average molecular weight is 357 g/mol. The molecule has 0 radical (unpaired) electrons. The highest BCUT2D eigenvalue weighted by Crippen LogP contribution is 2.11. The Morgan fingerprint density at radius 3 is 2.84 bits per heavy atom. The van der Waals surface area contributed by atoms with Crippen LogP contribution in [0.3, 0.4) is 0 Å². The highest BCUT2D eigenvalue weighted by atomic mass is 16.5. The number of nitrogens with zero attached hydrogens (tertiary/aromatic N) is 2. The fourth-order valence-corrected chi connectivity index (χ4v) is 3.07. The van der Waals surface area contributed by atoms with Crippen molar-refractivity contribution in [3.63, 3.8) is 0 Å². The number of hydrogen-bond donors (Lipinski definition) is 2. The minimum atomic E-state index is 0.313. The van der Waals surface area contributed by atoms with Crippen molar-refractivity contribution >= 4 is 5.96 Å². The van der Waals surface area contributed by atoms with Crippen LogP contribution >= 0.6 is 0 Å². The van der Waals surface area contributed by atoms with Gasteiger partial charge in [-0.25, -0.2) is 0 Å². The first-order valence-electron chi connectivity index (χ1n) is 9.83. The van der Waals surface area contributed by atoms with Crippen LogP contribution in [-0.2, 0) is 14.2 Å². The number of aliphatic imine (C=N–C) groups is 1. The lowest BCUT2D eigenvalue weighted by Gasteiger charge is -2.31. The summed E-state index contributed by atoms with van der Waals surface area (Å²) in [5, 5.41) is 6.70. The van der Waals surface area contributed by atoms with E-state index in [1.54, 1.807) is 0 Å². The van der Waals surface area contributed by atoms with Crippen LogP contribution in [0.2, 0.25) is 0 Å². The lowest BCUT2D eigenvalue weighted by Crippen LogP contribution is -2.44. The Kier molecular flexibility index (Phi) is 10.2. The summed E-state index contributed by atoms with van der Waals surface area (Å²) < 4.78 is 16.7. The molecule has 0 saturated carbocycles. The molecule has 2 saturated heterocycles. The third-order valence-corrected chi connectivity index (χ3v) is 4.61. The van der Waals surface area contributed by atoms with Gasteiger partial charge in [0.05, 0.1) is 32.5 Å². The maximum Gasteiger partial charge on any atom is 0.191 e. The van der Waals surface area contributed by atoms with Crippen LogP contribution in [0.15, 0.2) is 4.99 Å². The summed E-state index contributed by atoms with van der Waals surface area (Å²) in [6.45, 7) is 12.9. The third kappa shape index (κ3) is 8.35. The maximum absolute atomic E-state index is 5.69. The van der Waals surface area contributed by atoms with E-state index >= 15 is 0 Å². The van der Waals surface area contributed by atoms with Gasteiger partial charge in [0.15, 0.2) is 5.96 Å². The Balaban J connectivity index is 1.58. The molecule has 7 heteroatoms. The van der Waals surface area contributed by atoms with Crippen LogP contribution in [-0.4, -0.2) is 88.8 Å². The van der Waals surface area contributed by atoms with Gasteiger partial charge in [0.2, 0.25) is 0 Å². The van der Waals surface area contributed by atoms with E-state index < -0.39 is 0 Å². The van der Waals surface area contributed by atoms with E-state index in [4.69, 9.17) is 19.2 Å². The Bertz CT molecular complexity index is 369. The van der Waals surface area contributed by atoms with Crippen molar-refractivity contribution in [2.24, 2.45) is 4.99 Å². The van der Waals surface area contributed by atoms with Crippen LogP contribution in [0.4, 0.5) is 0 Å². The Hall–Kier alpha value is -0.890. The van der Waals surface area contributed by atoms with Gasteiger partial charge in [0, 0.05) is 45.4 Å². The molecule has 2 fully saturated rings. The zero-order valence-electron chi connectivity index (χ0n) is 16.0. The molecule has 146 valence electrons. The first kappa shape index (κ1) is 20.4. The quantitative estimate of drug-likeness (QED) is 0.344. The van der Waals surface area contributed by atoms with Crippen LogP contribution in [0, 0.1) is 0 Å². The summed E-state index contributed by atoms with van der Waals surface area (Å²) in [5.74, 6) is 0.890. The molecule has 7 nitrogen and oxygen atoms in total. The number of hydrogen-bond acceptors (Lipinski definition) is 5. The second-order valence-electron chi connectivity index (χ2n) is 6.71. The average Bonchev–Trinajstić information content (AvgIpc) is 3.16. The van der Waals surface area contributed by atoms with Crippen LogP contribution < -0.4 is 10.6 Å². The van der Waals surface area contributed by atoms with Gasteiger partial charge in [-0.2, -0.15) is 0 Å². The van der Waals surface area contributed by atoms with E-state index in [0.29, 0.717) is 12.1 Å². The molecule has 2 atom stereocenters. The van der Waals surface area contributed by atoms with Crippen molar-refractivity contribution in [3.8, 4) is 0 Å². The van der Waals surface area contributed by atoms with E-state index in [1.807, 2.05) is 0 Å². The molecule has 0 aliphatic carbocycles. The van der Waals surface area contributed by atoms with Gasteiger partial charge in [-0.1, -0.05) is 0 Å². The minimum absolute atomic E-state index is 0.313. The summed E-state index contributed by atoms with van der Waals surface area (Å²) in [6, 6.07) is 0.439. The van der Waals surface area contributed by atoms with Crippen molar-refractivity contribution in [1.29, 1.82) is 0 Å². The molecular formula is C18H36N4O3. The van der Waals surface area contributed by atoms with E-state index in [0.717, 1.165) is 84.6 Å². The summed E-state index contributed by atoms with van der Waals surface area (Å²) in [7, 11) is 0. The third-order valence-electron chi connectivity index (χ3n) is 4.61. The van der Waals surface area contributed by atoms with Crippen molar-refractivity contribution in [1.82, 2.24) is 15.5 Å². The Labute approximate surface area is 152 Å². The number of morpholine rings is 1. The molecule has 2 N–H and O–H groups in total. The fourth-order valence-electron chi connectivity index (χ4n) is 3.07. The first-order chi connectivity index (χ1) is 12.3. The van der Waals surface area contributed by atoms with E-state index in [-0.39, 0.29) is 0 Å². The van der Waals surface area contributed by atoms with Crippen LogP contribution in [0.5, 0.6) is 0 Å². The van der Waals surface area contributed by atoms with Gasteiger partial charge in [-0.05, 0) is 33.1 Å². The highest BCUT2D eigenvalue weighted by Gasteiger charge is 2.17. The van der Waals surface area contributed by atoms with Crippen LogP contribution in [0.25, 0.3) is 0 Å². The van der Waals surface area contributed by atoms with Gasteiger partial charge in [0.25, 0.3) is 0 Å². The second-order valence-corrected chi connectivity index (χ2v) is 6.71. The second kappa shape index (κ2) is 12.5. The Morgan fingerprint density at radius 1 is 1.28 bits per heavy atom. The van der Waals surface area contributed by atoms with Gasteiger partial charge in [-0.3, -0.25) is 9.89 Å². The number of nitrogens with one attached hydrogen (secondary N) is 2. The standard InChI is InChI=1S/C18H36N4O3/c1-3-19-18(21-14-16(2)22-8-12-23-13-9-22)20-7-5-10-24-15-17-6-4-11-25-17/h16-17H,3-15H2,1-2H3,(H2,19,20,21). The van der Waals surface area contributed by atoms with Gasteiger partial charge >= 0.3 is 0 Å². The molecule has 0 bridgehead atoms. The fraction of sp³-hybridized carbons (Fsp3) is 0.944. The van der Waals surface area contributed by atoms with Crippen molar-refractivity contribution in [2.75, 3.05) is 65.8 Å². The van der Waals surface area contributed by atoms with E-state index in [2.05, 4.69) is 29.4 Å². The molecule has 0 spiro atoms. The molecule has 2 aliphatic rings. The molecule has 2 unspecified atom stereocenters. The highest BCUT2D eigenvalue weighted by molar-refractivity contribution is 5.79. The molecular weight excluding hydrogens is 320 g/mol. The van der Waals surface area contributed by atoms with Crippen LogP contribution in [0.1, 0.15) is 33.1 Å². The predicted molar refractivity (Wildman–Crippen MR) is 100 cm³/mol. The number of guanidine groups is 1. The van der Waals surface area contributed by atoms with Crippen molar-refractivity contribution < 1.29 is 14.2 Å². The molecule has 0 amide bonds. The minimum Gasteiger partial charge on any atom is -0.379 e. The van der Waals surface area contributed by atoms with Gasteiger partial charge in [0.1, 0.15) is 0 Å². The largest absolute Gasteiger partial charge is 0.379 e. The van der Waals surface area contributed by atoms with Crippen molar-refractivity contribution in [2.45, 2.75) is 45.3 Å². The molecule has 0 aromatic rings. The summed E-state index contributed by atoms with van der Waals surface area (Å²) in [6.07, 6.45) is 3.59. The molecule has 0 aromatic carbocycles. The zero-order chi connectivity index (χ0) is 17.7. The molecule has 2 rings (SSSR count). The van der Waals surface area contributed by atoms with E-state index in [9.17, 15) is 0 Å². The SMILES string of the molecule is CCNC(=NCC(C)N1CCOCC1)NCCCOCC1CCCO1. The molecule has 25 heavy (non-hydrogen) atoms. The van der Waals surface area contributed by atoms with E-state index in [1.165, 1.54) is 6.42 Å². The molecule has 2 aliphatic heterocycles. The topological polar surface area (TPSA) is 67.4 Å². The van der Waals surface area contributed by atoms with Crippen molar-refractivity contribution in [3.05, 3.63) is 0 Å². The molecule has 0 aromatic heterocycles. The molecule has 2 heterocycles. The maximum atomic E-state index is 5.69. The normalized spacial score (nSPS) is 23.6. The lowest BCUT2D eigenvalue weighted by atomic mass is 10.2. The number of ether oxygens (including phenoxy) is 3. The zero-order valence-corrected chi connectivity index (χ0v) is 16.0.